The average Bonchev–Trinajstić information content (AvgIpc) is 3.04. The summed E-state index contributed by atoms with van der Waals surface area (Å²) in [5.41, 5.74) is 2.17. The molecule has 2 rings (SSSR count). The topological polar surface area (TPSA) is 112 Å². The van der Waals surface area contributed by atoms with Crippen LogP contribution >= 0.6 is 0 Å². The largest absolute Gasteiger partial charge is 0.508 e. The summed E-state index contributed by atoms with van der Waals surface area (Å²) in [6.45, 7) is 13.5. The smallest absolute Gasteiger partial charge is 0.305 e. The van der Waals surface area contributed by atoms with E-state index in [0.29, 0.717) is 69.7 Å². The van der Waals surface area contributed by atoms with Crippen LogP contribution in [0.25, 0.3) is 0 Å². The number of phenolic OH excluding ortho intramolecular Hbond substituents is 2. The number of methoxy groups -OCH3 is 2. The van der Waals surface area contributed by atoms with Crippen molar-refractivity contribution in [3.05, 3.63) is 46.5 Å². The molecule has 2 aromatic rings. The van der Waals surface area contributed by atoms with Gasteiger partial charge in [0, 0.05) is 41.5 Å². The second-order valence-corrected chi connectivity index (χ2v) is 14.6. The molecule has 0 unspecified atom stereocenters. The zero-order chi connectivity index (χ0) is 36.5. The zero-order valence-corrected chi connectivity index (χ0v) is 31.7. The summed E-state index contributed by atoms with van der Waals surface area (Å²) in [7, 11) is 3.21. The standard InChI is InChI=1S/C41H64O8/c1-9-11-13-15-23-48-38(44)19-17-21-40(3,4)32-28-36(46-7)30(26-34(32)42)25-31-27-35(43)33(29-37(31)47-8)41(5,6)22-18-20-39(45)49-24-16-14-12-10-2/h26-29,42-43H,9-25H2,1-8H3. The zero-order valence-electron chi connectivity index (χ0n) is 31.7. The quantitative estimate of drug-likeness (QED) is 0.0830. The van der Waals surface area contributed by atoms with Gasteiger partial charge in [-0.25, -0.2) is 0 Å². The molecule has 0 saturated carbocycles. The number of carbonyl (C=O) groups is 2. The second kappa shape index (κ2) is 20.9. The van der Waals surface area contributed by atoms with Crippen molar-refractivity contribution in [2.75, 3.05) is 27.4 Å². The number of phenols is 2. The number of benzene rings is 2. The van der Waals surface area contributed by atoms with E-state index in [0.717, 1.165) is 73.6 Å². The highest BCUT2D eigenvalue weighted by molar-refractivity contribution is 5.69. The van der Waals surface area contributed by atoms with Gasteiger partial charge in [0.1, 0.15) is 23.0 Å². The summed E-state index contributed by atoms with van der Waals surface area (Å²) in [6.07, 6.45) is 12.3. The van der Waals surface area contributed by atoms with Crippen LogP contribution in [0.2, 0.25) is 0 Å². The third kappa shape index (κ3) is 13.8. The first-order valence-corrected chi connectivity index (χ1v) is 18.4. The Kier molecular flexibility index (Phi) is 17.8. The highest BCUT2D eigenvalue weighted by atomic mass is 16.5. The molecule has 49 heavy (non-hydrogen) atoms. The van der Waals surface area contributed by atoms with E-state index >= 15 is 0 Å². The Morgan fingerprint density at radius 3 is 1.33 bits per heavy atom. The average molecular weight is 685 g/mol. The van der Waals surface area contributed by atoms with E-state index in [-0.39, 0.29) is 23.4 Å². The van der Waals surface area contributed by atoms with Gasteiger partial charge < -0.3 is 29.2 Å². The lowest BCUT2D eigenvalue weighted by molar-refractivity contribution is -0.144. The van der Waals surface area contributed by atoms with E-state index in [1.165, 1.54) is 0 Å². The van der Waals surface area contributed by atoms with Crippen molar-refractivity contribution in [2.24, 2.45) is 0 Å². The van der Waals surface area contributed by atoms with Crippen molar-refractivity contribution in [2.45, 2.75) is 149 Å². The van der Waals surface area contributed by atoms with Gasteiger partial charge in [0.2, 0.25) is 0 Å². The molecule has 0 bridgehead atoms. The van der Waals surface area contributed by atoms with E-state index in [4.69, 9.17) is 18.9 Å². The minimum atomic E-state index is -0.411. The van der Waals surface area contributed by atoms with Gasteiger partial charge in [0.25, 0.3) is 0 Å². The van der Waals surface area contributed by atoms with Crippen LogP contribution in [-0.4, -0.2) is 49.6 Å². The minimum Gasteiger partial charge on any atom is -0.508 e. The van der Waals surface area contributed by atoms with Crippen LogP contribution in [0.3, 0.4) is 0 Å². The van der Waals surface area contributed by atoms with Crippen molar-refractivity contribution in [3.63, 3.8) is 0 Å². The number of ether oxygens (including phenoxy) is 4. The van der Waals surface area contributed by atoms with Gasteiger partial charge in [-0.3, -0.25) is 9.59 Å². The Morgan fingerprint density at radius 1 is 0.592 bits per heavy atom. The van der Waals surface area contributed by atoms with Crippen molar-refractivity contribution >= 4 is 11.9 Å². The third-order valence-corrected chi connectivity index (χ3v) is 9.52. The van der Waals surface area contributed by atoms with Crippen molar-refractivity contribution in [3.8, 4) is 23.0 Å². The lowest BCUT2D eigenvalue weighted by atomic mass is 9.78. The van der Waals surface area contributed by atoms with Crippen LogP contribution in [0.15, 0.2) is 24.3 Å². The molecule has 0 aromatic heterocycles. The summed E-state index contributed by atoms with van der Waals surface area (Å²) in [6, 6.07) is 7.18. The SMILES string of the molecule is CCCCCCOC(=O)CCCC(C)(C)c1cc(OC)c(Cc2cc(O)c(C(C)(C)CCCC(=O)OCCCCCC)cc2OC)cc1O. The van der Waals surface area contributed by atoms with Crippen LogP contribution in [0.1, 0.15) is 154 Å². The van der Waals surface area contributed by atoms with E-state index in [1.807, 2.05) is 12.1 Å². The van der Waals surface area contributed by atoms with Gasteiger partial charge in [-0.05, 0) is 73.6 Å². The van der Waals surface area contributed by atoms with Gasteiger partial charge in [-0.1, -0.05) is 80.1 Å². The molecule has 0 aliphatic carbocycles. The number of aromatic hydroxyl groups is 2. The van der Waals surface area contributed by atoms with Gasteiger partial charge in [-0.2, -0.15) is 0 Å². The molecule has 0 fully saturated rings. The molecule has 0 heterocycles. The first kappa shape index (κ1) is 41.7. The molecule has 0 amide bonds. The highest BCUT2D eigenvalue weighted by Crippen LogP contribution is 2.43. The molecule has 0 atom stereocenters. The third-order valence-electron chi connectivity index (χ3n) is 9.52. The molecule has 0 spiro atoms. The summed E-state index contributed by atoms with van der Waals surface area (Å²) in [5.74, 6) is 1.19. The number of rotatable bonds is 24. The number of hydrogen-bond acceptors (Lipinski definition) is 8. The lowest BCUT2D eigenvalue weighted by Crippen LogP contribution is -2.19. The normalized spacial score (nSPS) is 11.8. The summed E-state index contributed by atoms with van der Waals surface area (Å²) >= 11 is 0. The van der Waals surface area contributed by atoms with Crippen molar-refractivity contribution in [1.29, 1.82) is 0 Å². The molecule has 0 aliphatic rings. The number of hydrogen-bond donors (Lipinski definition) is 2. The molecular formula is C41H64O8. The molecule has 2 N–H and O–H groups in total. The van der Waals surface area contributed by atoms with Crippen LogP contribution in [-0.2, 0) is 36.3 Å². The van der Waals surface area contributed by atoms with Gasteiger partial charge in [-0.15, -0.1) is 0 Å². The molecule has 276 valence electrons. The van der Waals surface area contributed by atoms with E-state index < -0.39 is 10.8 Å². The van der Waals surface area contributed by atoms with Gasteiger partial charge in [0.05, 0.1) is 27.4 Å². The molecule has 0 aliphatic heterocycles. The van der Waals surface area contributed by atoms with Crippen LogP contribution < -0.4 is 9.47 Å². The molecule has 8 heteroatoms. The molecular weight excluding hydrogens is 620 g/mol. The maximum Gasteiger partial charge on any atom is 0.305 e. The molecule has 0 saturated heterocycles. The first-order valence-electron chi connectivity index (χ1n) is 18.4. The molecule has 2 aromatic carbocycles. The van der Waals surface area contributed by atoms with Crippen LogP contribution in [0.5, 0.6) is 23.0 Å². The summed E-state index contributed by atoms with van der Waals surface area (Å²) < 4.78 is 22.3. The predicted octanol–water partition coefficient (Wildman–Crippen LogP) is 9.85. The number of unbranched alkanes of at least 4 members (excludes halogenated alkanes) is 6. The van der Waals surface area contributed by atoms with Crippen LogP contribution in [0.4, 0.5) is 0 Å². The minimum absolute atomic E-state index is 0.153. The number of esters is 2. The van der Waals surface area contributed by atoms with Crippen LogP contribution in [0, 0.1) is 0 Å². The molecule has 8 nitrogen and oxygen atoms in total. The van der Waals surface area contributed by atoms with Gasteiger partial charge >= 0.3 is 11.9 Å². The maximum absolute atomic E-state index is 12.2. The highest BCUT2D eigenvalue weighted by Gasteiger charge is 2.28. The van der Waals surface area contributed by atoms with Gasteiger partial charge in [0.15, 0.2) is 0 Å². The fourth-order valence-corrected chi connectivity index (χ4v) is 6.36. The summed E-state index contributed by atoms with van der Waals surface area (Å²) in [5, 5.41) is 22.4. The van der Waals surface area contributed by atoms with Crippen molar-refractivity contribution < 1.29 is 38.7 Å². The Labute approximate surface area is 295 Å². The molecule has 0 radical (unpaired) electrons. The van der Waals surface area contributed by atoms with E-state index in [9.17, 15) is 19.8 Å². The second-order valence-electron chi connectivity index (χ2n) is 14.6. The monoisotopic (exact) mass is 684 g/mol. The Morgan fingerprint density at radius 2 is 0.980 bits per heavy atom. The number of carbonyl (C=O) groups excluding carboxylic acids is 2. The first-order chi connectivity index (χ1) is 23.3. The maximum atomic E-state index is 12.2. The fourth-order valence-electron chi connectivity index (χ4n) is 6.36. The predicted molar refractivity (Wildman–Crippen MR) is 196 cm³/mol. The van der Waals surface area contributed by atoms with E-state index in [2.05, 4.69) is 41.5 Å². The lowest BCUT2D eigenvalue weighted by Gasteiger charge is -2.28. The van der Waals surface area contributed by atoms with E-state index in [1.54, 1.807) is 26.4 Å². The summed E-state index contributed by atoms with van der Waals surface area (Å²) in [4.78, 5) is 24.5. The fraction of sp³-hybridized carbons (Fsp3) is 0.659. The Bertz CT molecular complexity index is 1210. The Hall–Kier alpha value is -3.42. The van der Waals surface area contributed by atoms with Crippen molar-refractivity contribution in [1.82, 2.24) is 0 Å². The Balaban J connectivity index is 2.10.